The van der Waals surface area contributed by atoms with Crippen LogP contribution in [0.15, 0.2) is 6.07 Å². The van der Waals surface area contributed by atoms with E-state index in [1.807, 2.05) is 29.7 Å². The molecule has 2 saturated heterocycles. The Labute approximate surface area is 155 Å². The first-order chi connectivity index (χ1) is 12.5. The Morgan fingerprint density at radius 3 is 1.85 bits per heavy atom. The quantitative estimate of drug-likeness (QED) is 0.815. The van der Waals surface area contributed by atoms with E-state index in [2.05, 4.69) is 14.9 Å². The third-order valence-electron chi connectivity index (χ3n) is 5.15. The summed E-state index contributed by atoms with van der Waals surface area (Å²) in [4.78, 5) is 39.6. The molecule has 0 atom stereocenters. The van der Waals surface area contributed by atoms with Crippen LogP contribution in [0, 0.1) is 13.8 Å². The molecule has 3 heterocycles. The Morgan fingerprint density at radius 2 is 1.31 bits per heavy atom. The van der Waals surface area contributed by atoms with E-state index in [0.717, 1.165) is 56.4 Å². The molecule has 0 spiro atoms. The minimum absolute atomic E-state index is 0.0800. The number of carbonyl (C=O) groups excluding carboxylic acids is 2. The van der Waals surface area contributed by atoms with Crippen LogP contribution < -0.4 is 4.90 Å². The molecule has 0 aromatic carbocycles. The molecule has 2 fully saturated rings. The van der Waals surface area contributed by atoms with Gasteiger partial charge in [0, 0.05) is 63.5 Å². The van der Waals surface area contributed by atoms with Crippen molar-refractivity contribution in [3.8, 4) is 0 Å². The first kappa shape index (κ1) is 18.6. The highest BCUT2D eigenvalue weighted by atomic mass is 16.2. The molecule has 3 rings (SSSR count). The van der Waals surface area contributed by atoms with Gasteiger partial charge in [-0.25, -0.2) is 9.97 Å². The molecular formula is C19H29N5O2. The molecule has 0 bridgehead atoms. The van der Waals surface area contributed by atoms with Crippen LogP contribution in [-0.2, 0) is 9.59 Å². The van der Waals surface area contributed by atoms with Crippen molar-refractivity contribution >= 4 is 17.8 Å². The third-order valence-corrected chi connectivity index (χ3v) is 5.15. The molecule has 7 heteroatoms. The van der Waals surface area contributed by atoms with Gasteiger partial charge in [-0.05, 0) is 39.2 Å². The highest BCUT2D eigenvalue weighted by Crippen LogP contribution is 2.15. The van der Waals surface area contributed by atoms with Crippen molar-refractivity contribution in [2.75, 3.05) is 44.2 Å². The molecule has 26 heavy (non-hydrogen) atoms. The standard InChI is InChI=1S/C19H29N5O2/c1-15-14-16(2)21-19(20-15)24-12-10-23(11-13-24)18(26)7-6-17(25)22-8-4-3-5-9-22/h14H,3-13H2,1-2H3. The molecular weight excluding hydrogens is 330 g/mol. The molecule has 0 radical (unpaired) electrons. The second-order valence-electron chi connectivity index (χ2n) is 7.26. The number of aryl methyl sites for hydroxylation is 2. The van der Waals surface area contributed by atoms with Gasteiger partial charge in [0.05, 0.1) is 0 Å². The Morgan fingerprint density at radius 1 is 0.808 bits per heavy atom. The van der Waals surface area contributed by atoms with Crippen LogP contribution in [0.5, 0.6) is 0 Å². The van der Waals surface area contributed by atoms with E-state index in [0.29, 0.717) is 25.9 Å². The van der Waals surface area contributed by atoms with Crippen molar-refractivity contribution in [3.63, 3.8) is 0 Å². The van der Waals surface area contributed by atoms with Crippen LogP contribution in [0.4, 0.5) is 5.95 Å². The average molecular weight is 359 g/mol. The first-order valence-corrected chi connectivity index (χ1v) is 9.66. The number of aromatic nitrogens is 2. The molecule has 7 nitrogen and oxygen atoms in total. The number of likely N-dealkylation sites (tertiary alicyclic amines) is 1. The molecule has 0 saturated carbocycles. The highest BCUT2D eigenvalue weighted by molar-refractivity contribution is 5.84. The summed E-state index contributed by atoms with van der Waals surface area (Å²) in [6.07, 6.45) is 4.02. The number of nitrogens with zero attached hydrogens (tertiary/aromatic N) is 5. The smallest absolute Gasteiger partial charge is 0.225 e. The SMILES string of the molecule is Cc1cc(C)nc(N2CCN(C(=O)CCC(=O)N3CCCCC3)CC2)n1. The summed E-state index contributed by atoms with van der Waals surface area (Å²) in [7, 11) is 0. The summed E-state index contributed by atoms with van der Waals surface area (Å²) in [5, 5.41) is 0. The Bertz CT molecular complexity index is 629. The van der Waals surface area contributed by atoms with Gasteiger partial charge in [0.15, 0.2) is 0 Å². The van der Waals surface area contributed by atoms with Crippen molar-refractivity contribution in [3.05, 3.63) is 17.5 Å². The lowest BCUT2D eigenvalue weighted by Gasteiger charge is -2.35. The number of amides is 2. The monoisotopic (exact) mass is 359 g/mol. The Hall–Kier alpha value is -2.18. The van der Waals surface area contributed by atoms with Crippen LogP contribution in [0.2, 0.25) is 0 Å². The lowest BCUT2D eigenvalue weighted by molar-refractivity contribution is -0.137. The molecule has 1 aromatic heterocycles. The fourth-order valence-corrected chi connectivity index (χ4v) is 3.68. The van der Waals surface area contributed by atoms with Gasteiger partial charge in [0.2, 0.25) is 17.8 Å². The van der Waals surface area contributed by atoms with Gasteiger partial charge >= 0.3 is 0 Å². The summed E-state index contributed by atoms with van der Waals surface area (Å²) in [5.41, 5.74) is 1.92. The Balaban J connectivity index is 1.45. The number of hydrogen-bond donors (Lipinski definition) is 0. The average Bonchev–Trinajstić information content (AvgIpc) is 2.66. The maximum absolute atomic E-state index is 12.4. The van der Waals surface area contributed by atoms with E-state index in [1.54, 1.807) is 0 Å². The number of piperidine rings is 1. The summed E-state index contributed by atoms with van der Waals surface area (Å²) in [5.74, 6) is 0.951. The fraction of sp³-hybridized carbons (Fsp3) is 0.684. The van der Waals surface area contributed by atoms with E-state index in [1.165, 1.54) is 6.42 Å². The Kier molecular flexibility index (Phi) is 6.06. The van der Waals surface area contributed by atoms with Crippen molar-refractivity contribution in [2.24, 2.45) is 0 Å². The van der Waals surface area contributed by atoms with Crippen LogP contribution in [0.1, 0.15) is 43.5 Å². The van der Waals surface area contributed by atoms with Gasteiger partial charge in [-0.15, -0.1) is 0 Å². The van der Waals surface area contributed by atoms with Gasteiger partial charge in [0.25, 0.3) is 0 Å². The zero-order valence-corrected chi connectivity index (χ0v) is 15.9. The number of anilines is 1. The van der Waals surface area contributed by atoms with Crippen molar-refractivity contribution in [1.29, 1.82) is 0 Å². The van der Waals surface area contributed by atoms with E-state index in [4.69, 9.17) is 0 Å². The summed E-state index contributed by atoms with van der Waals surface area (Å²) in [6, 6.07) is 1.96. The molecule has 2 amide bonds. The normalized spacial score (nSPS) is 18.2. The lowest BCUT2D eigenvalue weighted by atomic mass is 10.1. The van der Waals surface area contributed by atoms with Gasteiger partial charge in [-0.2, -0.15) is 0 Å². The molecule has 1 aromatic rings. The molecule has 0 aliphatic carbocycles. The van der Waals surface area contributed by atoms with Crippen molar-refractivity contribution in [2.45, 2.75) is 46.0 Å². The maximum atomic E-state index is 12.4. The van der Waals surface area contributed by atoms with Gasteiger partial charge < -0.3 is 14.7 Å². The first-order valence-electron chi connectivity index (χ1n) is 9.66. The third kappa shape index (κ3) is 4.71. The summed E-state index contributed by atoms with van der Waals surface area (Å²) >= 11 is 0. The second-order valence-corrected chi connectivity index (χ2v) is 7.26. The van der Waals surface area contributed by atoms with E-state index < -0.39 is 0 Å². The van der Waals surface area contributed by atoms with Crippen LogP contribution in [-0.4, -0.2) is 70.9 Å². The van der Waals surface area contributed by atoms with Crippen LogP contribution >= 0.6 is 0 Å². The lowest BCUT2D eigenvalue weighted by Crippen LogP contribution is -2.49. The predicted molar refractivity (Wildman–Crippen MR) is 100.0 cm³/mol. The number of hydrogen-bond acceptors (Lipinski definition) is 5. The zero-order valence-electron chi connectivity index (χ0n) is 15.9. The number of carbonyl (C=O) groups is 2. The van der Waals surface area contributed by atoms with Gasteiger partial charge in [-0.3, -0.25) is 9.59 Å². The van der Waals surface area contributed by atoms with Gasteiger partial charge in [0.1, 0.15) is 0 Å². The van der Waals surface area contributed by atoms with E-state index in [9.17, 15) is 9.59 Å². The fourth-order valence-electron chi connectivity index (χ4n) is 3.68. The van der Waals surface area contributed by atoms with Crippen molar-refractivity contribution < 1.29 is 9.59 Å². The molecule has 0 unspecified atom stereocenters. The van der Waals surface area contributed by atoms with Crippen LogP contribution in [0.25, 0.3) is 0 Å². The van der Waals surface area contributed by atoms with Gasteiger partial charge in [-0.1, -0.05) is 0 Å². The molecule has 2 aliphatic heterocycles. The van der Waals surface area contributed by atoms with Crippen molar-refractivity contribution in [1.82, 2.24) is 19.8 Å². The minimum atomic E-state index is 0.0800. The summed E-state index contributed by atoms with van der Waals surface area (Å²) in [6.45, 7) is 8.42. The maximum Gasteiger partial charge on any atom is 0.225 e. The summed E-state index contributed by atoms with van der Waals surface area (Å²) < 4.78 is 0. The topological polar surface area (TPSA) is 69.6 Å². The minimum Gasteiger partial charge on any atom is -0.343 e. The van der Waals surface area contributed by atoms with Crippen LogP contribution in [0.3, 0.4) is 0 Å². The second kappa shape index (κ2) is 8.47. The predicted octanol–water partition coefficient (Wildman–Crippen LogP) is 1.53. The highest BCUT2D eigenvalue weighted by Gasteiger charge is 2.24. The van der Waals surface area contributed by atoms with E-state index in [-0.39, 0.29) is 11.8 Å². The largest absolute Gasteiger partial charge is 0.343 e. The molecule has 142 valence electrons. The molecule has 0 N–H and O–H groups in total. The number of rotatable bonds is 4. The molecule has 2 aliphatic rings. The zero-order chi connectivity index (χ0) is 18.5. The van der Waals surface area contributed by atoms with E-state index >= 15 is 0 Å². The number of piperazine rings is 1.